The van der Waals surface area contributed by atoms with Gasteiger partial charge in [0.05, 0.1) is 6.21 Å². The first-order chi connectivity index (χ1) is 13.3. The van der Waals surface area contributed by atoms with Gasteiger partial charge in [-0.2, -0.15) is 5.10 Å². The Morgan fingerprint density at radius 3 is 2.79 bits per heavy atom. The molecule has 0 aliphatic carbocycles. The van der Waals surface area contributed by atoms with Crippen LogP contribution in [-0.4, -0.2) is 27.2 Å². The van der Waals surface area contributed by atoms with Gasteiger partial charge in [-0.3, -0.25) is 14.6 Å². The number of aromatic nitrogens is 2. The molecule has 144 valence electrons. The Balaban J connectivity index is 1.69. The number of benzene rings is 2. The Bertz CT molecular complexity index is 1200. The van der Waals surface area contributed by atoms with E-state index in [1.165, 1.54) is 6.21 Å². The molecule has 0 saturated carbocycles. The van der Waals surface area contributed by atoms with Crippen molar-refractivity contribution < 1.29 is 9.90 Å². The number of H-pyrrole nitrogens is 2. The normalized spacial score (nSPS) is 11.2. The number of hydrogen-bond acceptors (Lipinski definition) is 5. The molecule has 0 saturated heterocycles. The lowest BCUT2D eigenvalue weighted by Crippen LogP contribution is -2.28. The Morgan fingerprint density at radius 1 is 1.25 bits per heavy atom. The number of halogens is 1. The molecule has 0 aliphatic rings. The van der Waals surface area contributed by atoms with E-state index in [0.717, 1.165) is 15.2 Å². The van der Waals surface area contributed by atoms with Gasteiger partial charge in [-0.25, -0.2) is 10.2 Å². The zero-order valence-corrected chi connectivity index (χ0v) is 16.5. The number of aryl methyl sites for hydroxylation is 1. The minimum atomic E-state index is -0.581. The molecule has 28 heavy (non-hydrogen) atoms. The summed E-state index contributed by atoms with van der Waals surface area (Å²) >= 11 is 3.40. The molecule has 8 nitrogen and oxygen atoms in total. The molecule has 3 rings (SSSR count). The summed E-state index contributed by atoms with van der Waals surface area (Å²) < 4.78 is 0.911. The van der Waals surface area contributed by atoms with Crippen molar-refractivity contribution in [1.29, 1.82) is 0 Å². The molecule has 0 radical (unpaired) electrons. The number of hydrazone groups is 1. The molecule has 0 fully saturated rings. The van der Waals surface area contributed by atoms with Crippen molar-refractivity contribution in [3.8, 4) is 5.75 Å². The van der Waals surface area contributed by atoms with Crippen LogP contribution in [0.2, 0.25) is 0 Å². The van der Waals surface area contributed by atoms with Gasteiger partial charge in [-0.1, -0.05) is 28.1 Å². The molecule has 1 heterocycles. The summed E-state index contributed by atoms with van der Waals surface area (Å²) in [4.78, 5) is 39.6. The topological polar surface area (TPSA) is 127 Å². The van der Waals surface area contributed by atoms with Crippen molar-refractivity contribution in [3.63, 3.8) is 0 Å². The van der Waals surface area contributed by atoms with Crippen LogP contribution in [0.1, 0.15) is 23.2 Å². The van der Waals surface area contributed by atoms with E-state index >= 15 is 0 Å². The second kappa shape index (κ2) is 8.22. The summed E-state index contributed by atoms with van der Waals surface area (Å²) in [6.07, 6.45) is 1.55. The van der Waals surface area contributed by atoms with Crippen LogP contribution in [0.5, 0.6) is 5.75 Å². The van der Waals surface area contributed by atoms with E-state index in [1.807, 2.05) is 18.2 Å². The van der Waals surface area contributed by atoms with Gasteiger partial charge in [0.1, 0.15) is 5.75 Å². The number of carbonyl (C=O) groups excluding carboxylic acids is 1. The van der Waals surface area contributed by atoms with Crippen LogP contribution in [0.15, 0.2) is 49.5 Å². The highest BCUT2D eigenvalue weighted by atomic mass is 79.9. The summed E-state index contributed by atoms with van der Waals surface area (Å²) in [5, 5.41) is 15.7. The lowest BCUT2D eigenvalue weighted by Gasteiger charge is -2.06. The van der Waals surface area contributed by atoms with Crippen molar-refractivity contribution in [2.24, 2.45) is 5.10 Å². The minimum Gasteiger partial charge on any atom is -0.507 e. The van der Waals surface area contributed by atoms with E-state index < -0.39 is 17.2 Å². The predicted octanol–water partition coefficient (Wildman–Crippen LogP) is 2.08. The number of hydrogen-bond donors (Lipinski definition) is 4. The number of amides is 1. The van der Waals surface area contributed by atoms with E-state index in [2.05, 4.69) is 36.4 Å². The Labute approximate surface area is 167 Å². The van der Waals surface area contributed by atoms with E-state index in [0.29, 0.717) is 16.8 Å². The first-order valence-electron chi connectivity index (χ1n) is 8.40. The van der Waals surface area contributed by atoms with Gasteiger partial charge in [-0.05, 0) is 42.3 Å². The van der Waals surface area contributed by atoms with E-state index in [-0.39, 0.29) is 18.6 Å². The Hall–Kier alpha value is -3.20. The zero-order chi connectivity index (χ0) is 20.3. The van der Waals surface area contributed by atoms with Gasteiger partial charge < -0.3 is 10.1 Å². The van der Waals surface area contributed by atoms with Crippen LogP contribution in [-0.2, 0) is 11.2 Å². The molecule has 0 bridgehead atoms. The third kappa shape index (κ3) is 4.37. The number of phenolic OH excluding ortho intramolecular Hbond substituents is 1. The molecule has 2 aromatic carbocycles. The van der Waals surface area contributed by atoms with Gasteiger partial charge in [0, 0.05) is 27.7 Å². The molecular formula is C19H17BrN4O4. The first-order valence-corrected chi connectivity index (χ1v) is 9.19. The van der Waals surface area contributed by atoms with Crippen LogP contribution in [0.25, 0.3) is 10.8 Å². The summed E-state index contributed by atoms with van der Waals surface area (Å²) in [6.45, 7) is 1.60. The molecule has 1 aromatic heterocycles. The number of rotatable bonds is 5. The fourth-order valence-electron chi connectivity index (χ4n) is 2.84. The number of aromatic amines is 2. The minimum absolute atomic E-state index is 0.0156. The maximum absolute atomic E-state index is 12.0. The summed E-state index contributed by atoms with van der Waals surface area (Å²) in [6, 6.07) is 8.95. The molecule has 4 N–H and O–H groups in total. The lowest BCUT2D eigenvalue weighted by atomic mass is 10.0. The summed E-state index contributed by atoms with van der Waals surface area (Å²) in [5.74, 6) is -0.355. The second-order valence-electron chi connectivity index (χ2n) is 6.17. The van der Waals surface area contributed by atoms with Crippen LogP contribution in [0, 0.1) is 6.92 Å². The molecule has 0 aliphatic heterocycles. The largest absolute Gasteiger partial charge is 0.507 e. The fraction of sp³-hybridized carbons (Fsp3) is 0.158. The SMILES string of the molecule is Cc1[nH]c(=O)[nH]c(=O)c1CCC(=O)N/N=C/c1c(O)ccc2cc(Br)ccc12. The smallest absolute Gasteiger partial charge is 0.325 e. The van der Waals surface area contributed by atoms with Crippen molar-refractivity contribution in [1.82, 2.24) is 15.4 Å². The maximum Gasteiger partial charge on any atom is 0.325 e. The quantitative estimate of drug-likeness (QED) is 0.354. The van der Waals surface area contributed by atoms with E-state index in [1.54, 1.807) is 19.1 Å². The number of nitrogens with zero attached hydrogens (tertiary/aromatic N) is 1. The monoisotopic (exact) mass is 444 g/mol. The van der Waals surface area contributed by atoms with Crippen LogP contribution >= 0.6 is 15.9 Å². The summed E-state index contributed by atoms with van der Waals surface area (Å²) in [7, 11) is 0. The van der Waals surface area contributed by atoms with E-state index in [9.17, 15) is 19.5 Å². The number of phenols is 1. The lowest BCUT2D eigenvalue weighted by molar-refractivity contribution is -0.121. The van der Waals surface area contributed by atoms with Gasteiger partial charge >= 0.3 is 5.69 Å². The number of aromatic hydroxyl groups is 1. The summed E-state index contributed by atoms with van der Waals surface area (Å²) in [5.41, 5.74) is 2.55. The highest BCUT2D eigenvalue weighted by Gasteiger charge is 2.09. The predicted molar refractivity (Wildman–Crippen MR) is 110 cm³/mol. The van der Waals surface area contributed by atoms with Gasteiger partial charge in [0.25, 0.3) is 5.56 Å². The molecule has 0 atom stereocenters. The Morgan fingerprint density at radius 2 is 2.04 bits per heavy atom. The fourth-order valence-corrected chi connectivity index (χ4v) is 3.22. The average molecular weight is 445 g/mol. The molecule has 0 unspecified atom stereocenters. The van der Waals surface area contributed by atoms with Crippen LogP contribution < -0.4 is 16.7 Å². The highest BCUT2D eigenvalue weighted by Crippen LogP contribution is 2.27. The average Bonchev–Trinajstić information content (AvgIpc) is 2.62. The Kier molecular flexibility index (Phi) is 5.74. The van der Waals surface area contributed by atoms with Crippen LogP contribution in [0.4, 0.5) is 0 Å². The number of fused-ring (bicyclic) bond motifs is 1. The van der Waals surface area contributed by atoms with Crippen molar-refractivity contribution >= 4 is 38.8 Å². The second-order valence-corrected chi connectivity index (χ2v) is 7.08. The third-order valence-corrected chi connectivity index (χ3v) is 4.73. The molecule has 1 amide bonds. The standard InChI is InChI=1S/C19H17BrN4O4/c1-10-13(18(27)23-19(28)22-10)5-7-17(26)24-21-9-15-14-4-3-12(20)8-11(14)2-6-16(15)25/h2-4,6,8-9,25H,5,7H2,1H3,(H,24,26)(H2,22,23,27,28)/b21-9+. The van der Waals surface area contributed by atoms with Gasteiger partial charge in [0.2, 0.25) is 5.91 Å². The van der Waals surface area contributed by atoms with Crippen molar-refractivity contribution in [3.05, 3.63) is 72.5 Å². The van der Waals surface area contributed by atoms with Crippen molar-refractivity contribution in [2.75, 3.05) is 0 Å². The highest BCUT2D eigenvalue weighted by molar-refractivity contribution is 9.10. The number of nitrogens with one attached hydrogen (secondary N) is 3. The molecule has 0 spiro atoms. The van der Waals surface area contributed by atoms with Crippen LogP contribution in [0.3, 0.4) is 0 Å². The van der Waals surface area contributed by atoms with Gasteiger partial charge in [0.15, 0.2) is 0 Å². The molecule has 3 aromatic rings. The zero-order valence-electron chi connectivity index (χ0n) is 14.9. The van der Waals surface area contributed by atoms with Gasteiger partial charge in [-0.15, -0.1) is 0 Å². The molecule has 9 heteroatoms. The number of carbonyl (C=O) groups is 1. The molecular weight excluding hydrogens is 428 g/mol. The first kappa shape index (κ1) is 19.6. The van der Waals surface area contributed by atoms with E-state index in [4.69, 9.17) is 0 Å². The third-order valence-electron chi connectivity index (χ3n) is 4.24. The maximum atomic E-state index is 12.0. The van der Waals surface area contributed by atoms with Crippen molar-refractivity contribution in [2.45, 2.75) is 19.8 Å².